The minimum absolute atomic E-state index is 0.0566. The van der Waals surface area contributed by atoms with Crippen molar-refractivity contribution < 1.29 is 14.3 Å². The standard InChI is InChI=1S/C14H22O3/c1-10-6-8-14(9-7-10,11(2)15)17-12(16)13(3,4)5/h6H,7-9H2,1-5H3/t14-/m1/s1. The van der Waals surface area contributed by atoms with Gasteiger partial charge in [0.2, 0.25) is 0 Å². The van der Waals surface area contributed by atoms with Gasteiger partial charge in [-0.05, 0) is 47.5 Å². The van der Waals surface area contributed by atoms with Gasteiger partial charge in [-0.3, -0.25) is 9.59 Å². The zero-order chi connectivity index (χ0) is 13.3. The molecule has 0 unspecified atom stereocenters. The van der Waals surface area contributed by atoms with Gasteiger partial charge < -0.3 is 4.74 Å². The van der Waals surface area contributed by atoms with Crippen LogP contribution in [0.15, 0.2) is 11.6 Å². The molecule has 17 heavy (non-hydrogen) atoms. The van der Waals surface area contributed by atoms with E-state index in [9.17, 15) is 9.59 Å². The van der Waals surface area contributed by atoms with Crippen molar-refractivity contribution in [1.29, 1.82) is 0 Å². The Kier molecular flexibility index (Phi) is 3.80. The van der Waals surface area contributed by atoms with Gasteiger partial charge in [0.15, 0.2) is 11.4 Å². The van der Waals surface area contributed by atoms with E-state index in [4.69, 9.17) is 4.74 Å². The summed E-state index contributed by atoms with van der Waals surface area (Å²) in [5.41, 5.74) is -0.239. The van der Waals surface area contributed by atoms with E-state index in [1.54, 1.807) is 20.8 Å². The van der Waals surface area contributed by atoms with E-state index < -0.39 is 11.0 Å². The maximum Gasteiger partial charge on any atom is 0.312 e. The molecule has 0 aliphatic heterocycles. The summed E-state index contributed by atoms with van der Waals surface area (Å²) in [5, 5.41) is 0. The molecule has 0 fully saturated rings. The summed E-state index contributed by atoms with van der Waals surface area (Å²) in [6.07, 6.45) is 3.93. The van der Waals surface area contributed by atoms with Gasteiger partial charge in [-0.15, -0.1) is 0 Å². The SMILES string of the molecule is CC(=O)[C@@]1(OC(=O)C(C)(C)C)CC=C(C)CC1. The highest BCUT2D eigenvalue weighted by Gasteiger charge is 2.42. The lowest BCUT2D eigenvalue weighted by molar-refractivity contribution is -0.175. The average molecular weight is 238 g/mol. The number of ketones is 1. The predicted molar refractivity (Wildman–Crippen MR) is 66.6 cm³/mol. The fourth-order valence-corrected chi connectivity index (χ4v) is 1.76. The third-order valence-electron chi connectivity index (χ3n) is 3.25. The number of rotatable bonds is 2. The molecular weight excluding hydrogens is 216 g/mol. The largest absolute Gasteiger partial charge is 0.450 e. The molecule has 3 nitrogen and oxygen atoms in total. The lowest BCUT2D eigenvalue weighted by Crippen LogP contribution is -2.45. The molecule has 0 bridgehead atoms. The molecule has 0 aromatic carbocycles. The maximum atomic E-state index is 11.9. The molecule has 0 radical (unpaired) electrons. The number of hydrogen-bond donors (Lipinski definition) is 0. The van der Waals surface area contributed by atoms with Gasteiger partial charge in [0.05, 0.1) is 5.41 Å². The molecular formula is C14H22O3. The fourth-order valence-electron chi connectivity index (χ4n) is 1.76. The summed E-state index contributed by atoms with van der Waals surface area (Å²) in [4.78, 5) is 23.7. The van der Waals surface area contributed by atoms with E-state index in [0.717, 1.165) is 6.42 Å². The molecule has 0 saturated carbocycles. The Bertz CT molecular complexity index is 360. The van der Waals surface area contributed by atoms with Gasteiger partial charge in [0.25, 0.3) is 0 Å². The number of carbonyl (C=O) groups excluding carboxylic acids is 2. The molecule has 0 amide bonds. The van der Waals surface area contributed by atoms with Crippen molar-refractivity contribution in [3.63, 3.8) is 0 Å². The second-order valence-corrected chi connectivity index (χ2v) is 5.94. The highest BCUT2D eigenvalue weighted by molar-refractivity contribution is 5.89. The van der Waals surface area contributed by atoms with Crippen molar-refractivity contribution in [3.05, 3.63) is 11.6 Å². The van der Waals surface area contributed by atoms with Crippen LogP contribution < -0.4 is 0 Å². The third kappa shape index (κ3) is 3.18. The fraction of sp³-hybridized carbons (Fsp3) is 0.714. The Morgan fingerprint density at radius 1 is 1.35 bits per heavy atom. The van der Waals surface area contributed by atoms with Crippen LogP contribution in [0.3, 0.4) is 0 Å². The smallest absolute Gasteiger partial charge is 0.312 e. The number of ether oxygens (including phenoxy) is 1. The van der Waals surface area contributed by atoms with Crippen LogP contribution in [-0.4, -0.2) is 17.4 Å². The highest BCUT2D eigenvalue weighted by atomic mass is 16.6. The quantitative estimate of drug-likeness (QED) is 0.548. The summed E-state index contributed by atoms with van der Waals surface area (Å²) in [5.74, 6) is -0.362. The summed E-state index contributed by atoms with van der Waals surface area (Å²) < 4.78 is 5.52. The van der Waals surface area contributed by atoms with E-state index in [-0.39, 0.29) is 11.8 Å². The third-order valence-corrected chi connectivity index (χ3v) is 3.25. The van der Waals surface area contributed by atoms with Gasteiger partial charge in [-0.2, -0.15) is 0 Å². The van der Waals surface area contributed by atoms with Gasteiger partial charge >= 0.3 is 5.97 Å². The summed E-state index contributed by atoms with van der Waals surface area (Å²) in [6, 6.07) is 0. The van der Waals surface area contributed by atoms with Gasteiger partial charge in [0.1, 0.15) is 0 Å². The van der Waals surface area contributed by atoms with Crippen LogP contribution in [0.25, 0.3) is 0 Å². The Hall–Kier alpha value is -1.12. The number of hydrogen-bond acceptors (Lipinski definition) is 3. The highest BCUT2D eigenvalue weighted by Crippen LogP contribution is 2.33. The van der Waals surface area contributed by atoms with Crippen LogP contribution in [0, 0.1) is 5.41 Å². The molecule has 0 aromatic rings. The lowest BCUT2D eigenvalue weighted by Gasteiger charge is -2.35. The minimum atomic E-state index is -0.927. The first kappa shape index (κ1) is 13.9. The van der Waals surface area contributed by atoms with Gasteiger partial charge in [-0.25, -0.2) is 0 Å². The first-order valence-corrected chi connectivity index (χ1v) is 6.07. The van der Waals surface area contributed by atoms with E-state index in [1.807, 2.05) is 13.0 Å². The summed E-state index contributed by atoms with van der Waals surface area (Å²) >= 11 is 0. The topological polar surface area (TPSA) is 43.4 Å². The molecule has 1 aliphatic carbocycles. The van der Waals surface area contributed by atoms with Crippen molar-refractivity contribution in [1.82, 2.24) is 0 Å². The Balaban J connectivity index is 2.89. The molecule has 3 heteroatoms. The molecule has 1 atom stereocenters. The number of Topliss-reactive ketones (excluding diaryl/α,β-unsaturated/α-hetero) is 1. The monoisotopic (exact) mass is 238 g/mol. The summed E-state index contributed by atoms with van der Waals surface area (Å²) in [7, 11) is 0. The van der Waals surface area contributed by atoms with E-state index in [1.165, 1.54) is 12.5 Å². The maximum absolute atomic E-state index is 11.9. The van der Waals surface area contributed by atoms with Crippen LogP contribution in [0.4, 0.5) is 0 Å². The van der Waals surface area contributed by atoms with E-state index in [0.29, 0.717) is 12.8 Å². The van der Waals surface area contributed by atoms with Crippen molar-refractivity contribution in [2.75, 3.05) is 0 Å². The summed E-state index contributed by atoms with van der Waals surface area (Å²) in [6.45, 7) is 8.94. The molecule has 0 saturated heterocycles. The molecule has 0 heterocycles. The normalized spacial score (nSPS) is 25.1. The van der Waals surface area contributed by atoms with Gasteiger partial charge in [-0.1, -0.05) is 11.6 Å². The molecule has 1 rings (SSSR count). The second-order valence-electron chi connectivity index (χ2n) is 5.94. The van der Waals surface area contributed by atoms with Crippen LogP contribution in [0.5, 0.6) is 0 Å². The van der Waals surface area contributed by atoms with Crippen molar-refractivity contribution in [2.45, 2.75) is 59.5 Å². The van der Waals surface area contributed by atoms with Gasteiger partial charge in [0, 0.05) is 6.42 Å². The number of esters is 1. The molecule has 0 N–H and O–H groups in total. The number of allylic oxidation sites excluding steroid dienone is 1. The van der Waals surface area contributed by atoms with Crippen LogP contribution in [0.1, 0.15) is 53.9 Å². The van der Waals surface area contributed by atoms with Crippen molar-refractivity contribution in [2.24, 2.45) is 5.41 Å². The first-order valence-electron chi connectivity index (χ1n) is 6.07. The Morgan fingerprint density at radius 2 is 1.94 bits per heavy atom. The molecule has 96 valence electrons. The average Bonchev–Trinajstić information content (AvgIpc) is 2.20. The zero-order valence-electron chi connectivity index (χ0n) is 11.4. The van der Waals surface area contributed by atoms with Crippen LogP contribution >= 0.6 is 0 Å². The van der Waals surface area contributed by atoms with Crippen LogP contribution in [-0.2, 0) is 14.3 Å². The van der Waals surface area contributed by atoms with Crippen LogP contribution in [0.2, 0.25) is 0 Å². The van der Waals surface area contributed by atoms with Crippen molar-refractivity contribution in [3.8, 4) is 0 Å². The van der Waals surface area contributed by atoms with E-state index in [2.05, 4.69) is 0 Å². The second kappa shape index (κ2) is 4.63. The zero-order valence-corrected chi connectivity index (χ0v) is 11.4. The Morgan fingerprint density at radius 3 is 2.29 bits per heavy atom. The molecule has 1 aliphatic rings. The lowest BCUT2D eigenvalue weighted by atomic mass is 9.82. The number of carbonyl (C=O) groups is 2. The molecule has 0 spiro atoms. The van der Waals surface area contributed by atoms with Crippen molar-refractivity contribution >= 4 is 11.8 Å². The molecule has 0 aromatic heterocycles. The minimum Gasteiger partial charge on any atom is -0.450 e. The first-order chi connectivity index (χ1) is 7.67. The van der Waals surface area contributed by atoms with E-state index >= 15 is 0 Å². The Labute approximate surface area is 103 Å². The predicted octanol–water partition coefficient (Wildman–Crippen LogP) is 3.03.